The minimum absolute atomic E-state index is 0.139. The fourth-order valence-corrected chi connectivity index (χ4v) is 4.12. The molecule has 0 saturated carbocycles. The molecule has 3 heterocycles. The SMILES string of the molecule is O=C(c1ccc(OC2CCOCC2)cc1)N1CCC(N2CCNCC2)C1. The molecule has 1 unspecified atom stereocenters. The smallest absolute Gasteiger partial charge is 0.253 e. The van der Waals surface area contributed by atoms with Crippen molar-refractivity contribution < 1.29 is 14.3 Å². The quantitative estimate of drug-likeness (QED) is 0.880. The highest BCUT2D eigenvalue weighted by molar-refractivity contribution is 5.94. The highest BCUT2D eigenvalue weighted by Crippen LogP contribution is 2.22. The predicted molar refractivity (Wildman–Crippen MR) is 99.7 cm³/mol. The van der Waals surface area contributed by atoms with Gasteiger partial charge in [-0.05, 0) is 30.7 Å². The van der Waals surface area contributed by atoms with Crippen molar-refractivity contribution in [1.29, 1.82) is 0 Å². The van der Waals surface area contributed by atoms with Crippen molar-refractivity contribution in [3.63, 3.8) is 0 Å². The Morgan fingerprint density at radius 1 is 1.04 bits per heavy atom. The lowest BCUT2D eigenvalue weighted by Crippen LogP contribution is -2.49. The van der Waals surface area contributed by atoms with Crippen molar-refractivity contribution in [2.24, 2.45) is 0 Å². The van der Waals surface area contributed by atoms with Crippen LogP contribution in [0.15, 0.2) is 24.3 Å². The highest BCUT2D eigenvalue weighted by Gasteiger charge is 2.31. The largest absolute Gasteiger partial charge is 0.490 e. The number of nitrogens with zero attached hydrogens (tertiary/aromatic N) is 2. The average molecular weight is 359 g/mol. The van der Waals surface area contributed by atoms with Crippen LogP contribution in [0.1, 0.15) is 29.6 Å². The molecule has 142 valence electrons. The summed E-state index contributed by atoms with van der Waals surface area (Å²) in [7, 11) is 0. The molecule has 3 aliphatic rings. The lowest BCUT2D eigenvalue weighted by atomic mass is 10.1. The van der Waals surface area contributed by atoms with E-state index in [4.69, 9.17) is 9.47 Å². The number of amides is 1. The van der Waals surface area contributed by atoms with E-state index in [1.165, 1.54) is 0 Å². The molecule has 0 aliphatic carbocycles. The number of likely N-dealkylation sites (tertiary alicyclic amines) is 1. The summed E-state index contributed by atoms with van der Waals surface area (Å²) in [4.78, 5) is 17.3. The Balaban J connectivity index is 1.31. The van der Waals surface area contributed by atoms with Gasteiger partial charge in [0.15, 0.2) is 0 Å². The number of piperazine rings is 1. The van der Waals surface area contributed by atoms with E-state index in [2.05, 4.69) is 10.2 Å². The summed E-state index contributed by atoms with van der Waals surface area (Å²) >= 11 is 0. The van der Waals surface area contributed by atoms with E-state index in [1.807, 2.05) is 29.2 Å². The van der Waals surface area contributed by atoms with Gasteiger partial charge in [0, 0.05) is 63.7 Å². The molecule has 3 saturated heterocycles. The molecule has 3 aliphatic heterocycles. The lowest BCUT2D eigenvalue weighted by molar-refractivity contribution is 0.0256. The first-order chi connectivity index (χ1) is 12.8. The number of ether oxygens (including phenoxy) is 2. The lowest BCUT2D eigenvalue weighted by Gasteiger charge is -2.32. The van der Waals surface area contributed by atoms with Crippen molar-refractivity contribution in [2.45, 2.75) is 31.4 Å². The molecule has 0 spiro atoms. The van der Waals surface area contributed by atoms with Gasteiger partial charge >= 0.3 is 0 Å². The van der Waals surface area contributed by atoms with E-state index in [0.29, 0.717) is 6.04 Å². The first kappa shape index (κ1) is 17.8. The normalized spacial score (nSPS) is 25.4. The molecule has 6 nitrogen and oxygen atoms in total. The second-order valence-corrected chi connectivity index (χ2v) is 7.43. The van der Waals surface area contributed by atoms with Crippen LogP contribution in [0, 0.1) is 0 Å². The third-order valence-corrected chi connectivity index (χ3v) is 5.69. The molecular formula is C20H29N3O3. The molecule has 6 heteroatoms. The number of carbonyl (C=O) groups excluding carboxylic acids is 1. The van der Waals surface area contributed by atoms with E-state index in [0.717, 1.165) is 83.1 Å². The maximum Gasteiger partial charge on any atom is 0.253 e. The van der Waals surface area contributed by atoms with Crippen molar-refractivity contribution >= 4 is 5.91 Å². The van der Waals surface area contributed by atoms with E-state index in [1.54, 1.807) is 0 Å². The van der Waals surface area contributed by atoms with Gasteiger partial charge in [0.1, 0.15) is 11.9 Å². The molecule has 0 radical (unpaired) electrons. The van der Waals surface area contributed by atoms with Gasteiger partial charge in [0.25, 0.3) is 5.91 Å². The molecule has 3 fully saturated rings. The van der Waals surface area contributed by atoms with E-state index >= 15 is 0 Å². The Morgan fingerprint density at radius 2 is 1.77 bits per heavy atom. The zero-order chi connectivity index (χ0) is 17.8. The van der Waals surface area contributed by atoms with Crippen molar-refractivity contribution in [3.8, 4) is 5.75 Å². The fourth-order valence-electron chi connectivity index (χ4n) is 4.12. The first-order valence-corrected chi connectivity index (χ1v) is 9.88. The van der Waals surface area contributed by atoms with Crippen LogP contribution in [0.2, 0.25) is 0 Å². The number of hydrogen-bond donors (Lipinski definition) is 1. The summed E-state index contributed by atoms with van der Waals surface area (Å²) in [6, 6.07) is 8.15. The van der Waals surface area contributed by atoms with Crippen LogP contribution >= 0.6 is 0 Å². The van der Waals surface area contributed by atoms with Gasteiger partial charge in [-0.3, -0.25) is 9.69 Å². The maximum absolute atomic E-state index is 12.8. The van der Waals surface area contributed by atoms with Crippen LogP contribution in [0.5, 0.6) is 5.75 Å². The van der Waals surface area contributed by atoms with Gasteiger partial charge in [0.05, 0.1) is 13.2 Å². The number of nitrogens with one attached hydrogen (secondary N) is 1. The molecular weight excluding hydrogens is 330 g/mol. The molecule has 1 aromatic carbocycles. The van der Waals surface area contributed by atoms with Gasteiger partial charge in [-0.25, -0.2) is 0 Å². The monoisotopic (exact) mass is 359 g/mol. The van der Waals surface area contributed by atoms with Gasteiger partial charge < -0.3 is 19.7 Å². The van der Waals surface area contributed by atoms with E-state index in [9.17, 15) is 4.79 Å². The Morgan fingerprint density at radius 3 is 2.50 bits per heavy atom. The van der Waals surface area contributed by atoms with Crippen molar-refractivity contribution in [3.05, 3.63) is 29.8 Å². The number of hydrogen-bond acceptors (Lipinski definition) is 5. The predicted octanol–water partition coefficient (Wildman–Crippen LogP) is 1.36. The van der Waals surface area contributed by atoms with E-state index < -0.39 is 0 Å². The van der Waals surface area contributed by atoms with Crippen molar-refractivity contribution in [1.82, 2.24) is 15.1 Å². The van der Waals surface area contributed by atoms with Gasteiger partial charge in [-0.15, -0.1) is 0 Å². The van der Waals surface area contributed by atoms with Gasteiger partial charge in [-0.2, -0.15) is 0 Å². The second kappa shape index (κ2) is 8.37. The molecule has 1 N–H and O–H groups in total. The van der Waals surface area contributed by atoms with Crippen LogP contribution < -0.4 is 10.1 Å². The molecule has 1 amide bonds. The first-order valence-electron chi connectivity index (χ1n) is 9.88. The van der Waals surface area contributed by atoms with Crippen LogP contribution in [0.3, 0.4) is 0 Å². The van der Waals surface area contributed by atoms with Gasteiger partial charge in [-0.1, -0.05) is 0 Å². The summed E-state index contributed by atoms with van der Waals surface area (Å²) in [5.74, 6) is 0.980. The van der Waals surface area contributed by atoms with Crippen LogP contribution in [0.25, 0.3) is 0 Å². The maximum atomic E-state index is 12.8. The zero-order valence-corrected chi connectivity index (χ0v) is 15.4. The summed E-state index contributed by atoms with van der Waals surface area (Å²) in [5.41, 5.74) is 0.755. The van der Waals surface area contributed by atoms with E-state index in [-0.39, 0.29) is 12.0 Å². The standard InChI is InChI=1S/C20H29N3O3/c24-20(23-10-5-17(15-23)22-11-8-21-9-12-22)16-1-3-18(4-2-16)26-19-6-13-25-14-7-19/h1-4,17,19,21H,5-15H2. The summed E-state index contributed by atoms with van der Waals surface area (Å²) in [6.07, 6.45) is 3.17. The highest BCUT2D eigenvalue weighted by atomic mass is 16.5. The van der Waals surface area contributed by atoms with Crippen molar-refractivity contribution in [2.75, 3.05) is 52.5 Å². The molecule has 26 heavy (non-hydrogen) atoms. The van der Waals surface area contributed by atoms with Crippen LogP contribution in [-0.2, 0) is 4.74 Å². The molecule has 1 atom stereocenters. The summed E-state index contributed by atoms with van der Waals surface area (Å²) in [6.45, 7) is 7.52. The van der Waals surface area contributed by atoms with Crippen LogP contribution in [-0.4, -0.2) is 80.3 Å². The Hall–Kier alpha value is -1.63. The molecule has 4 rings (SSSR count). The number of rotatable bonds is 4. The Labute approximate surface area is 155 Å². The fraction of sp³-hybridized carbons (Fsp3) is 0.650. The summed E-state index contributed by atoms with van der Waals surface area (Å²) in [5, 5.41) is 3.39. The van der Waals surface area contributed by atoms with Gasteiger partial charge in [0.2, 0.25) is 0 Å². The topological polar surface area (TPSA) is 54.0 Å². The third-order valence-electron chi connectivity index (χ3n) is 5.69. The average Bonchev–Trinajstić information content (AvgIpc) is 3.20. The second-order valence-electron chi connectivity index (χ2n) is 7.43. The molecule has 0 bridgehead atoms. The minimum atomic E-state index is 0.139. The third kappa shape index (κ3) is 4.19. The molecule has 1 aromatic rings. The number of benzene rings is 1. The minimum Gasteiger partial charge on any atom is -0.490 e. The van der Waals surface area contributed by atoms with Crippen LogP contribution in [0.4, 0.5) is 0 Å². The zero-order valence-electron chi connectivity index (χ0n) is 15.4. The number of carbonyl (C=O) groups is 1. The Bertz CT molecular complexity index is 595. The molecule has 0 aromatic heterocycles. The summed E-state index contributed by atoms with van der Waals surface area (Å²) < 4.78 is 11.4. The Kier molecular flexibility index (Phi) is 5.72.